The van der Waals surface area contributed by atoms with Gasteiger partial charge in [0.1, 0.15) is 5.75 Å². The van der Waals surface area contributed by atoms with Crippen LogP contribution in [0, 0.1) is 10.1 Å². The van der Waals surface area contributed by atoms with E-state index in [1.54, 1.807) is 0 Å². The number of nitro benzene ring substituents is 1. The van der Waals surface area contributed by atoms with Crippen molar-refractivity contribution < 1.29 is 14.8 Å². The molecule has 0 spiro atoms. The molecule has 0 heterocycles. The van der Waals surface area contributed by atoms with Crippen LogP contribution in [0.4, 0.5) is 5.69 Å². The Morgan fingerprint density at radius 1 is 1.20 bits per heavy atom. The van der Waals surface area contributed by atoms with Crippen molar-refractivity contribution in [3.63, 3.8) is 0 Å². The van der Waals surface area contributed by atoms with Crippen LogP contribution in [0.25, 0.3) is 0 Å². The van der Waals surface area contributed by atoms with Crippen molar-refractivity contribution in [2.24, 2.45) is 5.10 Å². The second kappa shape index (κ2) is 12.0. The molecular formula is C18H27N3O4. The molecule has 1 amide bonds. The second-order valence-corrected chi connectivity index (χ2v) is 6.02. The highest BCUT2D eigenvalue weighted by molar-refractivity contribution is 5.85. The zero-order valence-corrected chi connectivity index (χ0v) is 14.7. The van der Waals surface area contributed by atoms with Gasteiger partial charge in [0.25, 0.3) is 5.69 Å². The van der Waals surface area contributed by atoms with Gasteiger partial charge in [-0.25, -0.2) is 5.43 Å². The van der Waals surface area contributed by atoms with Crippen LogP contribution in [-0.4, -0.2) is 22.2 Å². The number of phenols is 1. The van der Waals surface area contributed by atoms with E-state index in [1.165, 1.54) is 56.5 Å². The van der Waals surface area contributed by atoms with E-state index >= 15 is 0 Å². The second-order valence-electron chi connectivity index (χ2n) is 6.02. The van der Waals surface area contributed by atoms with E-state index in [0.29, 0.717) is 6.42 Å². The van der Waals surface area contributed by atoms with E-state index in [-0.39, 0.29) is 22.9 Å². The number of carbonyl (C=O) groups is 1. The van der Waals surface area contributed by atoms with Gasteiger partial charge < -0.3 is 5.11 Å². The summed E-state index contributed by atoms with van der Waals surface area (Å²) in [6.07, 6.45) is 10.9. The Balaban J connectivity index is 2.24. The fraction of sp³-hybridized carbons (Fsp3) is 0.556. The number of nitrogens with one attached hydrogen (secondary N) is 1. The molecular weight excluding hydrogens is 322 g/mol. The number of aromatic hydroxyl groups is 1. The topological polar surface area (TPSA) is 105 Å². The standard InChI is InChI=1S/C18H27N3O4/c1-2-3-4-5-6-7-8-9-10-18(23)20-19-14-15-13-16(21(24)25)11-12-17(15)22/h11-14,22H,2-10H2,1H3,(H,20,23)/b19-14+. The quantitative estimate of drug-likeness (QED) is 0.254. The predicted molar refractivity (Wildman–Crippen MR) is 97.7 cm³/mol. The highest BCUT2D eigenvalue weighted by Crippen LogP contribution is 2.21. The van der Waals surface area contributed by atoms with Crippen LogP contribution < -0.4 is 5.43 Å². The van der Waals surface area contributed by atoms with Gasteiger partial charge in [-0.05, 0) is 12.5 Å². The molecule has 0 saturated carbocycles. The molecule has 0 radical (unpaired) electrons. The van der Waals surface area contributed by atoms with Gasteiger partial charge in [-0.15, -0.1) is 0 Å². The zero-order chi connectivity index (χ0) is 18.5. The Morgan fingerprint density at radius 2 is 1.84 bits per heavy atom. The van der Waals surface area contributed by atoms with Crippen molar-refractivity contribution in [3.8, 4) is 5.75 Å². The molecule has 0 aliphatic carbocycles. The van der Waals surface area contributed by atoms with E-state index in [9.17, 15) is 20.0 Å². The van der Waals surface area contributed by atoms with Crippen molar-refractivity contribution >= 4 is 17.8 Å². The van der Waals surface area contributed by atoms with Gasteiger partial charge in [0, 0.05) is 24.1 Å². The first kappa shape index (κ1) is 20.6. The van der Waals surface area contributed by atoms with E-state index in [1.807, 2.05) is 0 Å². The average molecular weight is 349 g/mol. The van der Waals surface area contributed by atoms with Gasteiger partial charge in [0.15, 0.2) is 0 Å². The molecule has 0 aliphatic heterocycles. The first-order chi connectivity index (χ1) is 12.0. The minimum atomic E-state index is -0.558. The van der Waals surface area contributed by atoms with Gasteiger partial charge in [-0.2, -0.15) is 5.10 Å². The van der Waals surface area contributed by atoms with Gasteiger partial charge in [-0.3, -0.25) is 14.9 Å². The third-order valence-electron chi connectivity index (χ3n) is 3.87. The Hall–Kier alpha value is -2.44. The fourth-order valence-electron chi connectivity index (χ4n) is 2.41. The Kier molecular flexibility index (Phi) is 9.89. The first-order valence-corrected chi connectivity index (χ1v) is 8.84. The third kappa shape index (κ3) is 8.83. The van der Waals surface area contributed by atoms with E-state index < -0.39 is 4.92 Å². The van der Waals surface area contributed by atoms with Crippen molar-refractivity contribution in [2.75, 3.05) is 0 Å². The van der Waals surface area contributed by atoms with Crippen molar-refractivity contribution in [1.82, 2.24) is 5.43 Å². The molecule has 0 atom stereocenters. The Bertz CT molecular complexity index is 588. The molecule has 2 N–H and O–H groups in total. The molecule has 7 heteroatoms. The van der Waals surface area contributed by atoms with Gasteiger partial charge in [-0.1, -0.05) is 51.9 Å². The maximum Gasteiger partial charge on any atom is 0.270 e. The minimum Gasteiger partial charge on any atom is -0.507 e. The lowest BCUT2D eigenvalue weighted by atomic mass is 10.1. The van der Waals surface area contributed by atoms with Crippen molar-refractivity contribution in [3.05, 3.63) is 33.9 Å². The molecule has 0 fully saturated rings. The summed E-state index contributed by atoms with van der Waals surface area (Å²) in [5.74, 6) is -0.334. The van der Waals surface area contributed by atoms with Gasteiger partial charge >= 0.3 is 0 Å². The molecule has 0 saturated heterocycles. The number of nitrogens with zero attached hydrogens (tertiary/aromatic N) is 2. The molecule has 1 rings (SSSR count). The molecule has 1 aromatic carbocycles. The highest BCUT2D eigenvalue weighted by atomic mass is 16.6. The van der Waals surface area contributed by atoms with Gasteiger partial charge in [0.05, 0.1) is 11.1 Å². The summed E-state index contributed by atoms with van der Waals surface area (Å²) in [4.78, 5) is 21.8. The number of hydrogen-bond acceptors (Lipinski definition) is 5. The summed E-state index contributed by atoms with van der Waals surface area (Å²) in [6, 6.07) is 3.62. The smallest absolute Gasteiger partial charge is 0.270 e. The number of unbranched alkanes of at least 4 members (excludes halogenated alkanes) is 7. The first-order valence-electron chi connectivity index (χ1n) is 8.84. The lowest BCUT2D eigenvalue weighted by Crippen LogP contribution is -2.16. The third-order valence-corrected chi connectivity index (χ3v) is 3.87. The summed E-state index contributed by atoms with van der Waals surface area (Å²) in [6.45, 7) is 2.20. The highest BCUT2D eigenvalue weighted by Gasteiger charge is 2.08. The van der Waals surface area contributed by atoms with E-state index in [2.05, 4.69) is 17.5 Å². The zero-order valence-electron chi connectivity index (χ0n) is 14.7. The Labute approximate surface area is 148 Å². The molecule has 0 aliphatic rings. The molecule has 7 nitrogen and oxygen atoms in total. The van der Waals surface area contributed by atoms with Crippen LogP contribution in [0.5, 0.6) is 5.75 Å². The molecule has 0 bridgehead atoms. The lowest BCUT2D eigenvalue weighted by Gasteiger charge is -2.02. The number of hydrogen-bond donors (Lipinski definition) is 2. The number of nitro groups is 1. The largest absolute Gasteiger partial charge is 0.507 e. The van der Waals surface area contributed by atoms with Crippen LogP contribution in [0.1, 0.15) is 70.3 Å². The fourth-order valence-corrected chi connectivity index (χ4v) is 2.41. The van der Waals surface area contributed by atoms with Gasteiger partial charge in [0.2, 0.25) is 5.91 Å². The molecule has 138 valence electrons. The van der Waals surface area contributed by atoms with E-state index in [0.717, 1.165) is 19.3 Å². The summed E-state index contributed by atoms with van der Waals surface area (Å²) in [5, 5.41) is 24.1. The normalized spacial score (nSPS) is 10.9. The monoisotopic (exact) mass is 349 g/mol. The number of phenolic OH excluding ortho intramolecular Hbond substituents is 1. The summed E-state index contributed by atoms with van der Waals surface area (Å²) >= 11 is 0. The maximum absolute atomic E-state index is 11.7. The van der Waals surface area contributed by atoms with Crippen LogP contribution in [0.15, 0.2) is 23.3 Å². The average Bonchev–Trinajstić information content (AvgIpc) is 2.58. The van der Waals surface area contributed by atoms with Crippen LogP contribution in [-0.2, 0) is 4.79 Å². The molecule has 0 unspecified atom stereocenters. The number of hydrazone groups is 1. The molecule has 1 aromatic rings. The van der Waals surface area contributed by atoms with Crippen molar-refractivity contribution in [2.45, 2.75) is 64.7 Å². The molecule has 0 aromatic heterocycles. The number of rotatable bonds is 12. The van der Waals surface area contributed by atoms with Crippen LogP contribution >= 0.6 is 0 Å². The number of amides is 1. The minimum absolute atomic E-state index is 0.133. The van der Waals surface area contributed by atoms with E-state index in [4.69, 9.17) is 0 Å². The summed E-state index contributed by atoms with van der Waals surface area (Å²) < 4.78 is 0. The van der Waals surface area contributed by atoms with Crippen LogP contribution in [0.2, 0.25) is 0 Å². The molecule has 25 heavy (non-hydrogen) atoms. The lowest BCUT2D eigenvalue weighted by molar-refractivity contribution is -0.384. The summed E-state index contributed by atoms with van der Waals surface area (Å²) in [5.41, 5.74) is 2.41. The number of benzene rings is 1. The van der Waals surface area contributed by atoms with Crippen LogP contribution in [0.3, 0.4) is 0 Å². The summed E-state index contributed by atoms with van der Waals surface area (Å²) in [7, 11) is 0. The number of carbonyl (C=O) groups excluding carboxylic acids is 1. The van der Waals surface area contributed by atoms with Crippen molar-refractivity contribution in [1.29, 1.82) is 0 Å². The SMILES string of the molecule is CCCCCCCCCCC(=O)N/N=C/c1cc([N+](=O)[O-])ccc1O. The number of non-ortho nitro benzene ring substituents is 1. The predicted octanol–water partition coefficient (Wildman–Crippen LogP) is 4.28. The Morgan fingerprint density at radius 3 is 2.48 bits per heavy atom. The maximum atomic E-state index is 11.7.